The second-order valence-corrected chi connectivity index (χ2v) is 24.2. The van der Waals surface area contributed by atoms with Gasteiger partial charge in [0.25, 0.3) is 0 Å². The van der Waals surface area contributed by atoms with Gasteiger partial charge in [0, 0.05) is 72.2 Å². The van der Waals surface area contributed by atoms with E-state index in [9.17, 15) is 0 Å². The highest BCUT2D eigenvalue weighted by atomic mass is 16.3. The van der Waals surface area contributed by atoms with Gasteiger partial charge in [-0.2, -0.15) is 0 Å². The van der Waals surface area contributed by atoms with E-state index in [4.69, 9.17) is 8.83 Å². The van der Waals surface area contributed by atoms with Gasteiger partial charge in [-0.15, -0.1) is 0 Å². The zero-order valence-corrected chi connectivity index (χ0v) is 42.1. The summed E-state index contributed by atoms with van der Waals surface area (Å²) in [6.45, 7) is 25.5. The zero-order valence-electron chi connectivity index (χ0n) is 42.1. The predicted octanol–water partition coefficient (Wildman–Crippen LogP) is 16.5. The highest BCUT2D eigenvalue weighted by molar-refractivity contribution is 6.94. The summed E-state index contributed by atoms with van der Waals surface area (Å²) in [5.41, 5.74) is 23.7. The summed E-state index contributed by atoms with van der Waals surface area (Å²) < 4.78 is 16.9. The van der Waals surface area contributed by atoms with Gasteiger partial charge in [0.1, 0.15) is 22.5 Å². The molecule has 70 heavy (non-hydrogen) atoms. The van der Waals surface area contributed by atoms with Gasteiger partial charge in [-0.25, -0.2) is 0 Å². The lowest BCUT2D eigenvalue weighted by molar-refractivity contribution is 0.584. The molecule has 342 valence electrons. The Kier molecular flexibility index (Phi) is 8.07. The zero-order chi connectivity index (χ0) is 48.1. The summed E-state index contributed by atoms with van der Waals surface area (Å²) in [4.78, 5) is 2.68. The van der Waals surface area contributed by atoms with Gasteiger partial charge in [0.2, 0.25) is 0 Å². The normalized spacial score (nSPS) is 14.8. The van der Waals surface area contributed by atoms with Gasteiger partial charge in [-0.1, -0.05) is 167 Å². The smallest absolute Gasteiger partial charge is 0.333 e. The van der Waals surface area contributed by atoms with Crippen LogP contribution in [0.1, 0.15) is 104 Å². The maximum atomic E-state index is 7.39. The summed E-state index contributed by atoms with van der Waals surface area (Å²) in [6.07, 6.45) is 0. The van der Waals surface area contributed by atoms with Crippen LogP contribution in [0.5, 0.6) is 0 Å². The molecule has 14 rings (SSSR count). The van der Waals surface area contributed by atoms with Gasteiger partial charge in [-0.05, 0) is 115 Å². The van der Waals surface area contributed by atoms with Crippen LogP contribution in [0.4, 0.5) is 11.4 Å². The molecule has 0 amide bonds. The molecule has 11 aromatic rings. The lowest BCUT2D eigenvalue weighted by atomic mass is 9.43. The van der Waals surface area contributed by atoms with E-state index in [0.29, 0.717) is 0 Å². The summed E-state index contributed by atoms with van der Waals surface area (Å²) in [5.74, 6) is 0.869. The van der Waals surface area contributed by atoms with E-state index in [2.05, 4.69) is 231 Å². The molecule has 0 saturated carbocycles. The molecule has 1 aliphatic carbocycles. The number of benzene rings is 8. The van der Waals surface area contributed by atoms with Crippen molar-refractivity contribution in [2.24, 2.45) is 0 Å². The number of aromatic nitrogens is 1. The first-order chi connectivity index (χ1) is 33.4. The van der Waals surface area contributed by atoms with E-state index in [1.807, 2.05) is 0 Å². The third-order valence-electron chi connectivity index (χ3n) is 16.4. The number of para-hydroxylation sites is 1. The van der Waals surface area contributed by atoms with Crippen molar-refractivity contribution in [3.05, 3.63) is 173 Å². The van der Waals surface area contributed by atoms with Gasteiger partial charge >= 0.3 is 6.85 Å². The third kappa shape index (κ3) is 5.55. The largest absolute Gasteiger partial charge is 0.456 e. The Hall–Kier alpha value is -7.24. The van der Waals surface area contributed by atoms with Crippen LogP contribution < -0.4 is 15.7 Å². The molecule has 2 aliphatic heterocycles. The maximum Gasteiger partial charge on any atom is 0.333 e. The van der Waals surface area contributed by atoms with Crippen molar-refractivity contribution in [3.8, 4) is 39.3 Å². The van der Waals surface area contributed by atoms with E-state index in [1.54, 1.807) is 0 Å². The summed E-state index contributed by atoms with van der Waals surface area (Å²) in [7, 11) is 0. The van der Waals surface area contributed by atoms with Crippen molar-refractivity contribution in [2.75, 3.05) is 4.81 Å². The van der Waals surface area contributed by atoms with Crippen molar-refractivity contribution in [1.82, 2.24) is 4.57 Å². The SMILES string of the molecule is CC(C)(C)c1ccc(N2B3c4cc5cc(-c6ccccc6)oc5cc4-n4c5ccc(C(C)(C)C)cc5c5c6c(oc7ccccc76)c(c3c54)-c3cc4c(cc32)C(C)(C)c2cc(C(C)(C)C)ccc2-4)cc1. The maximum absolute atomic E-state index is 7.39. The number of rotatable bonds is 2. The molecule has 0 atom stereocenters. The van der Waals surface area contributed by atoms with Gasteiger partial charge < -0.3 is 18.2 Å². The molecular formula is C65H57BN2O2. The van der Waals surface area contributed by atoms with E-state index in [-0.39, 0.29) is 28.5 Å². The Balaban J connectivity index is 1.18. The molecule has 0 N–H and O–H groups in total. The van der Waals surface area contributed by atoms with E-state index in [0.717, 1.165) is 50.2 Å². The summed E-state index contributed by atoms with van der Waals surface area (Å²) in [6, 6.07) is 55.2. The Bertz CT molecular complexity index is 4080. The van der Waals surface area contributed by atoms with Crippen LogP contribution in [-0.4, -0.2) is 11.4 Å². The molecule has 0 radical (unpaired) electrons. The fraction of sp³-hybridized carbons (Fsp3) is 0.231. The number of hydrogen-bond acceptors (Lipinski definition) is 3. The van der Waals surface area contributed by atoms with Crippen LogP contribution in [0.3, 0.4) is 0 Å². The van der Waals surface area contributed by atoms with Crippen molar-refractivity contribution < 1.29 is 8.83 Å². The molecule has 3 aromatic heterocycles. The minimum absolute atomic E-state index is 0.000161. The second-order valence-electron chi connectivity index (χ2n) is 24.2. The molecule has 8 aromatic carbocycles. The molecule has 0 fully saturated rings. The van der Waals surface area contributed by atoms with Crippen LogP contribution in [0.25, 0.3) is 94.0 Å². The third-order valence-corrected chi connectivity index (χ3v) is 16.4. The molecule has 0 unspecified atom stereocenters. The fourth-order valence-corrected chi connectivity index (χ4v) is 12.6. The topological polar surface area (TPSA) is 34.5 Å². The molecule has 0 saturated heterocycles. The van der Waals surface area contributed by atoms with Crippen LogP contribution in [0.2, 0.25) is 0 Å². The molecular weight excluding hydrogens is 852 g/mol. The number of nitrogens with zero attached hydrogens (tertiary/aromatic N) is 2. The lowest BCUT2D eigenvalue weighted by Crippen LogP contribution is -2.60. The molecule has 0 bridgehead atoms. The molecule has 5 heterocycles. The van der Waals surface area contributed by atoms with Gasteiger partial charge in [0.15, 0.2) is 0 Å². The lowest BCUT2D eigenvalue weighted by Gasteiger charge is -2.42. The van der Waals surface area contributed by atoms with Crippen LogP contribution in [0, 0.1) is 0 Å². The van der Waals surface area contributed by atoms with E-state index in [1.165, 1.54) is 93.9 Å². The Morgan fingerprint density at radius 1 is 0.514 bits per heavy atom. The van der Waals surface area contributed by atoms with Crippen LogP contribution in [0.15, 0.2) is 154 Å². The van der Waals surface area contributed by atoms with Crippen LogP contribution in [-0.2, 0) is 21.7 Å². The Morgan fingerprint density at radius 2 is 1.19 bits per heavy atom. The standard InChI is InChI=1S/C65H57BN2O2/c1-62(2,3)38-21-25-41(26-22-38)68-51-34-48-44(42-27-23-40(64(7,8)9)32-47(42)65(48,10)11)33-46(51)58-59-60-56(57-43-19-15-16-20-53(43)70-61(57)58)45-31-39(63(4,5)6)24-28-50(45)67(60)52-35-55-37(29-49(52)66(59)68)30-54(69-55)36-17-13-12-14-18-36/h12-35H,1-11H3. The van der Waals surface area contributed by atoms with Gasteiger partial charge in [0.05, 0.1) is 11.0 Å². The van der Waals surface area contributed by atoms with Crippen molar-refractivity contribution >= 4 is 83.9 Å². The summed E-state index contributed by atoms with van der Waals surface area (Å²) >= 11 is 0. The minimum Gasteiger partial charge on any atom is -0.456 e. The quantitative estimate of drug-likeness (QED) is 0.162. The molecule has 5 heteroatoms. The monoisotopic (exact) mass is 908 g/mol. The van der Waals surface area contributed by atoms with Gasteiger partial charge in [-0.3, -0.25) is 0 Å². The van der Waals surface area contributed by atoms with E-state index < -0.39 is 0 Å². The Labute approximate surface area is 410 Å². The fourth-order valence-electron chi connectivity index (χ4n) is 12.6. The number of furan rings is 2. The van der Waals surface area contributed by atoms with Crippen molar-refractivity contribution in [1.29, 1.82) is 0 Å². The molecule has 4 nitrogen and oxygen atoms in total. The number of anilines is 2. The first-order valence-electron chi connectivity index (χ1n) is 25.2. The summed E-state index contributed by atoms with van der Waals surface area (Å²) in [5, 5.41) is 5.89. The average molecular weight is 909 g/mol. The minimum atomic E-state index is -0.236. The van der Waals surface area contributed by atoms with Crippen molar-refractivity contribution in [3.63, 3.8) is 0 Å². The number of hydrogen-bond donors (Lipinski definition) is 0. The van der Waals surface area contributed by atoms with Crippen molar-refractivity contribution in [2.45, 2.75) is 97.8 Å². The average Bonchev–Trinajstić information content (AvgIpc) is 4.07. The Morgan fingerprint density at radius 3 is 1.93 bits per heavy atom. The predicted molar refractivity (Wildman–Crippen MR) is 296 cm³/mol. The number of fused-ring (bicyclic) bond motifs is 17. The highest BCUT2D eigenvalue weighted by Gasteiger charge is 2.48. The van der Waals surface area contributed by atoms with Crippen LogP contribution >= 0.6 is 0 Å². The second kappa shape index (κ2) is 13.5. The van der Waals surface area contributed by atoms with E-state index >= 15 is 0 Å². The highest BCUT2D eigenvalue weighted by Crippen LogP contribution is 2.57. The molecule has 0 spiro atoms. The first kappa shape index (κ1) is 41.7. The first-order valence-corrected chi connectivity index (χ1v) is 25.2. The molecule has 3 aliphatic rings.